The molecule has 0 spiro atoms. The highest BCUT2D eigenvalue weighted by atomic mass is 127. The summed E-state index contributed by atoms with van der Waals surface area (Å²) in [7, 11) is 2.01. The molecule has 1 atom stereocenters. The van der Waals surface area contributed by atoms with E-state index in [0.717, 1.165) is 10.6 Å². The van der Waals surface area contributed by atoms with E-state index < -0.39 is 0 Å². The maximum atomic E-state index is 6.21. The molecule has 0 aliphatic rings. The molecule has 2 aromatic rings. The van der Waals surface area contributed by atoms with E-state index >= 15 is 0 Å². The van der Waals surface area contributed by atoms with Gasteiger partial charge in [0.15, 0.2) is 0 Å². The normalized spacial score (nSPS) is 12.5. The summed E-state index contributed by atoms with van der Waals surface area (Å²) in [5.74, 6) is 0. The summed E-state index contributed by atoms with van der Waals surface area (Å²) < 4.78 is 1.32. The second-order valence-electron chi connectivity index (χ2n) is 5.16. The number of rotatable bonds is 3. The van der Waals surface area contributed by atoms with E-state index in [1.165, 1.54) is 25.8 Å². The molecule has 0 bridgehead atoms. The number of hydrogen-bond donors (Lipinski definition) is 1. The van der Waals surface area contributed by atoms with E-state index in [9.17, 15) is 0 Å². The van der Waals surface area contributed by atoms with Crippen LogP contribution < -0.4 is 5.32 Å². The van der Waals surface area contributed by atoms with Crippen LogP contribution in [-0.2, 0) is 0 Å². The average Bonchev–Trinajstić information content (AvgIpc) is 2.41. The Morgan fingerprint density at radius 2 is 1.70 bits per heavy atom. The van der Waals surface area contributed by atoms with Crippen LogP contribution in [0.2, 0.25) is 5.02 Å². The topological polar surface area (TPSA) is 12.0 Å². The zero-order valence-electron chi connectivity index (χ0n) is 12.2. The molecule has 0 fully saturated rings. The first-order valence-corrected chi connectivity index (χ1v) is 8.10. The van der Waals surface area contributed by atoms with E-state index in [4.69, 9.17) is 11.6 Å². The van der Waals surface area contributed by atoms with Gasteiger partial charge in [0.05, 0.1) is 6.04 Å². The first-order chi connectivity index (χ1) is 9.45. The minimum Gasteiger partial charge on any atom is -0.309 e. The van der Waals surface area contributed by atoms with Crippen molar-refractivity contribution in [3.05, 3.63) is 66.7 Å². The third-order valence-electron chi connectivity index (χ3n) is 3.68. The van der Waals surface area contributed by atoms with Crippen molar-refractivity contribution in [2.75, 3.05) is 7.05 Å². The molecule has 0 aliphatic carbocycles. The average molecular weight is 400 g/mol. The molecule has 20 heavy (non-hydrogen) atoms. The summed E-state index contributed by atoms with van der Waals surface area (Å²) in [6, 6.07) is 10.9. The molecule has 0 saturated carbocycles. The Hall–Kier alpha value is -0.580. The molecule has 106 valence electrons. The molecule has 0 radical (unpaired) electrons. The third kappa shape index (κ3) is 3.02. The highest BCUT2D eigenvalue weighted by Crippen LogP contribution is 2.32. The quantitative estimate of drug-likeness (QED) is 0.701. The summed E-state index contributed by atoms with van der Waals surface area (Å²) in [4.78, 5) is 0. The van der Waals surface area contributed by atoms with Crippen molar-refractivity contribution in [3.63, 3.8) is 0 Å². The lowest BCUT2D eigenvalue weighted by atomic mass is 9.93. The fraction of sp³-hybridized carbons (Fsp3) is 0.294. The minimum absolute atomic E-state index is 0.192. The maximum absolute atomic E-state index is 6.21. The van der Waals surface area contributed by atoms with Crippen LogP contribution in [-0.4, -0.2) is 7.05 Å². The fourth-order valence-electron chi connectivity index (χ4n) is 2.49. The van der Waals surface area contributed by atoms with Crippen molar-refractivity contribution < 1.29 is 0 Å². The highest BCUT2D eigenvalue weighted by Gasteiger charge is 2.18. The lowest BCUT2D eigenvalue weighted by molar-refractivity contribution is 0.683. The first kappa shape index (κ1) is 15.8. The van der Waals surface area contributed by atoms with E-state index in [0.29, 0.717) is 0 Å². The van der Waals surface area contributed by atoms with Gasteiger partial charge in [0.1, 0.15) is 0 Å². The number of halogens is 2. The van der Waals surface area contributed by atoms with Gasteiger partial charge in [-0.25, -0.2) is 0 Å². The van der Waals surface area contributed by atoms with Gasteiger partial charge >= 0.3 is 0 Å². The summed E-state index contributed by atoms with van der Waals surface area (Å²) in [5, 5.41) is 4.28. The van der Waals surface area contributed by atoms with Gasteiger partial charge in [0, 0.05) is 8.59 Å². The third-order valence-corrected chi connectivity index (χ3v) is 5.56. The van der Waals surface area contributed by atoms with Crippen LogP contribution >= 0.6 is 34.2 Å². The molecule has 0 aromatic heterocycles. The molecule has 2 aromatic carbocycles. The molecular formula is C17H19ClIN. The van der Waals surface area contributed by atoms with Crippen molar-refractivity contribution in [1.29, 1.82) is 0 Å². The lowest BCUT2D eigenvalue weighted by Gasteiger charge is -2.22. The fourth-order valence-corrected chi connectivity index (χ4v) is 3.38. The Balaban J connectivity index is 2.58. The molecule has 2 rings (SSSR count). The van der Waals surface area contributed by atoms with E-state index in [1.54, 1.807) is 0 Å². The predicted molar refractivity (Wildman–Crippen MR) is 95.7 cm³/mol. The molecule has 1 unspecified atom stereocenters. The summed E-state index contributed by atoms with van der Waals surface area (Å²) in [6.45, 7) is 6.32. The Labute approximate surface area is 139 Å². The van der Waals surface area contributed by atoms with Gasteiger partial charge in [-0.1, -0.05) is 35.9 Å². The van der Waals surface area contributed by atoms with Crippen LogP contribution in [0.1, 0.15) is 33.9 Å². The number of benzene rings is 2. The molecule has 0 aliphatic heterocycles. The largest absolute Gasteiger partial charge is 0.309 e. The van der Waals surface area contributed by atoms with Crippen molar-refractivity contribution >= 4 is 34.2 Å². The molecular weight excluding hydrogens is 381 g/mol. The van der Waals surface area contributed by atoms with Crippen LogP contribution in [0.15, 0.2) is 30.3 Å². The number of hydrogen-bond acceptors (Lipinski definition) is 1. The molecule has 1 N–H and O–H groups in total. The van der Waals surface area contributed by atoms with Crippen molar-refractivity contribution in [2.45, 2.75) is 26.8 Å². The van der Waals surface area contributed by atoms with E-state index in [-0.39, 0.29) is 6.04 Å². The van der Waals surface area contributed by atoms with Crippen LogP contribution in [0.25, 0.3) is 0 Å². The molecule has 0 amide bonds. The highest BCUT2D eigenvalue weighted by molar-refractivity contribution is 14.1. The van der Waals surface area contributed by atoms with E-state index in [1.807, 2.05) is 7.05 Å². The van der Waals surface area contributed by atoms with Gasteiger partial charge in [-0.15, -0.1) is 0 Å². The smallest absolute Gasteiger partial charge is 0.0587 e. The summed E-state index contributed by atoms with van der Waals surface area (Å²) in [5.41, 5.74) is 6.26. The van der Waals surface area contributed by atoms with Gasteiger partial charge in [-0.05, 0) is 84.3 Å². The van der Waals surface area contributed by atoms with Crippen LogP contribution in [0.5, 0.6) is 0 Å². The van der Waals surface area contributed by atoms with Crippen LogP contribution in [0.3, 0.4) is 0 Å². The van der Waals surface area contributed by atoms with Crippen LogP contribution in [0.4, 0.5) is 0 Å². The van der Waals surface area contributed by atoms with Crippen molar-refractivity contribution in [2.24, 2.45) is 0 Å². The first-order valence-electron chi connectivity index (χ1n) is 6.64. The Morgan fingerprint density at radius 3 is 2.35 bits per heavy atom. The van der Waals surface area contributed by atoms with Gasteiger partial charge in [0.25, 0.3) is 0 Å². The zero-order valence-corrected chi connectivity index (χ0v) is 15.1. The number of nitrogens with one attached hydrogen (secondary N) is 1. The molecule has 0 saturated heterocycles. The molecule has 0 heterocycles. The zero-order chi connectivity index (χ0) is 14.9. The monoisotopic (exact) mass is 399 g/mol. The summed E-state index contributed by atoms with van der Waals surface area (Å²) >= 11 is 8.65. The van der Waals surface area contributed by atoms with Crippen LogP contribution in [0, 0.1) is 24.3 Å². The molecule has 1 nitrogen and oxygen atoms in total. The predicted octanol–water partition coefficient (Wildman–Crippen LogP) is 5.18. The number of aryl methyl sites for hydroxylation is 3. The minimum atomic E-state index is 0.192. The SMILES string of the molecule is CNC(c1cc(C)c(Cl)cc1C)c1cccc(C)c1I. The van der Waals surface area contributed by atoms with Gasteiger partial charge in [-0.2, -0.15) is 0 Å². The Morgan fingerprint density at radius 1 is 1.00 bits per heavy atom. The Bertz CT molecular complexity index is 637. The van der Waals surface area contributed by atoms with Gasteiger partial charge < -0.3 is 5.32 Å². The second kappa shape index (κ2) is 6.46. The van der Waals surface area contributed by atoms with Gasteiger partial charge in [0.2, 0.25) is 0 Å². The maximum Gasteiger partial charge on any atom is 0.0587 e. The lowest BCUT2D eigenvalue weighted by Crippen LogP contribution is -2.20. The summed E-state index contributed by atoms with van der Waals surface area (Å²) in [6.07, 6.45) is 0. The van der Waals surface area contributed by atoms with E-state index in [2.05, 4.69) is 79.0 Å². The van der Waals surface area contributed by atoms with Crippen molar-refractivity contribution in [1.82, 2.24) is 5.32 Å². The standard InChI is InChI=1S/C17H19ClIN/c1-10-6-5-7-13(16(10)19)17(20-4)14-8-12(3)15(18)9-11(14)2/h5-9,17,20H,1-4H3. The van der Waals surface area contributed by atoms with Gasteiger partial charge in [-0.3, -0.25) is 0 Å². The second-order valence-corrected chi connectivity index (χ2v) is 6.64. The van der Waals surface area contributed by atoms with Crippen molar-refractivity contribution in [3.8, 4) is 0 Å². The Kier molecular flexibility index (Phi) is 5.10. The molecule has 3 heteroatoms.